The Hall–Kier alpha value is -1.17. The number of amides is 1. The molecular formula is C14H16N2OS2. The van der Waals surface area contributed by atoms with Crippen LogP contribution >= 0.6 is 22.7 Å². The Morgan fingerprint density at radius 2 is 1.89 bits per heavy atom. The summed E-state index contributed by atoms with van der Waals surface area (Å²) in [4.78, 5) is 13.9. The summed E-state index contributed by atoms with van der Waals surface area (Å²) in [6.07, 6.45) is 1.54. The molecule has 3 nitrogen and oxygen atoms in total. The third kappa shape index (κ3) is 3.05. The highest BCUT2D eigenvalue weighted by atomic mass is 32.1. The molecular weight excluding hydrogens is 276 g/mol. The Bertz CT molecular complexity index is 477. The third-order valence-electron chi connectivity index (χ3n) is 3.32. The Morgan fingerprint density at radius 3 is 2.37 bits per heavy atom. The predicted octanol–water partition coefficient (Wildman–Crippen LogP) is 2.77. The lowest BCUT2D eigenvalue weighted by molar-refractivity contribution is -0.122. The van der Waals surface area contributed by atoms with Gasteiger partial charge in [-0.25, -0.2) is 0 Å². The molecule has 0 aromatic carbocycles. The zero-order chi connectivity index (χ0) is 13.1. The SMILES string of the molecule is O=C1CCC(NC(c2cccs2)c2cccs2)CN1. The monoisotopic (exact) mass is 292 g/mol. The van der Waals surface area contributed by atoms with Crippen molar-refractivity contribution in [2.45, 2.75) is 24.9 Å². The van der Waals surface area contributed by atoms with Crippen LogP contribution in [0.3, 0.4) is 0 Å². The summed E-state index contributed by atoms with van der Waals surface area (Å²) in [7, 11) is 0. The van der Waals surface area contributed by atoms with E-state index >= 15 is 0 Å². The number of rotatable bonds is 4. The minimum atomic E-state index is 0.168. The van der Waals surface area contributed by atoms with Crippen molar-refractivity contribution in [1.82, 2.24) is 10.6 Å². The number of carbonyl (C=O) groups is 1. The standard InChI is InChI=1S/C14H16N2OS2/c17-13-6-5-10(9-15-13)16-14(11-3-1-7-18-11)12-4-2-8-19-12/h1-4,7-8,10,14,16H,5-6,9H2,(H,15,17). The maximum atomic E-state index is 11.2. The smallest absolute Gasteiger partial charge is 0.220 e. The van der Waals surface area contributed by atoms with Crippen LogP contribution in [0.4, 0.5) is 0 Å². The Balaban J connectivity index is 1.75. The molecule has 100 valence electrons. The first-order chi connectivity index (χ1) is 9.33. The van der Waals surface area contributed by atoms with Crippen LogP contribution in [0.1, 0.15) is 28.6 Å². The lowest BCUT2D eigenvalue weighted by atomic mass is 10.0. The normalized spacial score (nSPS) is 19.6. The fraction of sp³-hybridized carbons (Fsp3) is 0.357. The van der Waals surface area contributed by atoms with Crippen LogP contribution in [0.15, 0.2) is 35.0 Å². The van der Waals surface area contributed by atoms with Gasteiger partial charge in [-0.1, -0.05) is 12.1 Å². The van der Waals surface area contributed by atoms with Crippen LogP contribution < -0.4 is 10.6 Å². The third-order valence-corrected chi connectivity index (χ3v) is 5.20. The van der Waals surface area contributed by atoms with Crippen molar-refractivity contribution in [3.8, 4) is 0 Å². The first-order valence-corrected chi connectivity index (χ1v) is 8.18. The average Bonchev–Trinajstić information content (AvgIpc) is 3.11. The molecule has 1 fully saturated rings. The lowest BCUT2D eigenvalue weighted by Gasteiger charge is -2.28. The highest BCUT2D eigenvalue weighted by Gasteiger charge is 2.23. The second-order valence-electron chi connectivity index (χ2n) is 4.67. The molecule has 2 aromatic rings. The number of piperidine rings is 1. The number of hydrogen-bond acceptors (Lipinski definition) is 4. The summed E-state index contributed by atoms with van der Waals surface area (Å²) in [5, 5.41) is 10.8. The molecule has 0 bridgehead atoms. The molecule has 1 atom stereocenters. The molecule has 1 aliphatic heterocycles. The topological polar surface area (TPSA) is 41.1 Å². The van der Waals surface area contributed by atoms with Crippen molar-refractivity contribution in [3.63, 3.8) is 0 Å². The molecule has 2 N–H and O–H groups in total. The van der Waals surface area contributed by atoms with Crippen molar-refractivity contribution in [2.24, 2.45) is 0 Å². The summed E-state index contributed by atoms with van der Waals surface area (Å²) in [5.41, 5.74) is 0. The highest BCUT2D eigenvalue weighted by Crippen LogP contribution is 2.30. The second kappa shape index (κ2) is 5.86. The summed E-state index contributed by atoms with van der Waals surface area (Å²) in [6.45, 7) is 0.728. The van der Waals surface area contributed by atoms with E-state index in [0.29, 0.717) is 12.5 Å². The van der Waals surface area contributed by atoms with Crippen LogP contribution in [0, 0.1) is 0 Å². The van der Waals surface area contributed by atoms with E-state index in [0.717, 1.165) is 13.0 Å². The maximum Gasteiger partial charge on any atom is 0.220 e. The molecule has 0 aliphatic carbocycles. The van der Waals surface area contributed by atoms with Gasteiger partial charge in [-0.2, -0.15) is 0 Å². The van der Waals surface area contributed by atoms with E-state index in [1.807, 2.05) is 0 Å². The molecule has 0 radical (unpaired) electrons. The number of carbonyl (C=O) groups excluding carboxylic acids is 1. The lowest BCUT2D eigenvalue weighted by Crippen LogP contribution is -2.46. The van der Waals surface area contributed by atoms with Gasteiger partial charge in [-0.3, -0.25) is 4.79 Å². The predicted molar refractivity (Wildman–Crippen MR) is 79.6 cm³/mol. The van der Waals surface area contributed by atoms with Gasteiger partial charge >= 0.3 is 0 Å². The van der Waals surface area contributed by atoms with Gasteiger partial charge in [-0.05, 0) is 29.3 Å². The van der Waals surface area contributed by atoms with Crippen molar-refractivity contribution >= 4 is 28.6 Å². The zero-order valence-electron chi connectivity index (χ0n) is 10.5. The Morgan fingerprint density at radius 1 is 1.21 bits per heavy atom. The molecule has 0 saturated carbocycles. The highest BCUT2D eigenvalue weighted by molar-refractivity contribution is 7.11. The molecule has 2 aromatic heterocycles. The van der Waals surface area contributed by atoms with Crippen LogP contribution in [0.25, 0.3) is 0 Å². The van der Waals surface area contributed by atoms with Crippen molar-refractivity contribution < 1.29 is 4.79 Å². The molecule has 3 rings (SSSR count). The number of hydrogen-bond donors (Lipinski definition) is 2. The maximum absolute atomic E-state index is 11.2. The van der Waals surface area contributed by atoms with E-state index in [1.54, 1.807) is 22.7 Å². The van der Waals surface area contributed by atoms with Crippen LogP contribution in [0.2, 0.25) is 0 Å². The van der Waals surface area contributed by atoms with E-state index < -0.39 is 0 Å². The molecule has 19 heavy (non-hydrogen) atoms. The minimum Gasteiger partial charge on any atom is -0.355 e. The molecule has 5 heteroatoms. The van der Waals surface area contributed by atoms with E-state index in [2.05, 4.69) is 45.7 Å². The number of nitrogens with one attached hydrogen (secondary N) is 2. The second-order valence-corrected chi connectivity index (χ2v) is 6.63. The summed E-state index contributed by atoms with van der Waals surface area (Å²) < 4.78 is 0. The molecule has 3 heterocycles. The van der Waals surface area contributed by atoms with Gasteiger partial charge in [0.05, 0.1) is 6.04 Å². The van der Waals surface area contributed by atoms with Crippen LogP contribution in [0.5, 0.6) is 0 Å². The molecule has 1 aliphatic rings. The molecule has 1 unspecified atom stereocenters. The van der Waals surface area contributed by atoms with Crippen molar-refractivity contribution in [2.75, 3.05) is 6.54 Å². The first kappa shape index (κ1) is 12.8. The molecule has 0 spiro atoms. The van der Waals surface area contributed by atoms with E-state index in [4.69, 9.17) is 0 Å². The van der Waals surface area contributed by atoms with Gasteiger partial charge in [0, 0.05) is 28.8 Å². The van der Waals surface area contributed by atoms with E-state index in [-0.39, 0.29) is 11.9 Å². The van der Waals surface area contributed by atoms with Gasteiger partial charge in [-0.15, -0.1) is 22.7 Å². The van der Waals surface area contributed by atoms with Gasteiger partial charge in [0.15, 0.2) is 0 Å². The van der Waals surface area contributed by atoms with Crippen LogP contribution in [-0.2, 0) is 4.79 Å². The molecule has 1 saturated heterocycles. The zero-order valence-corrected chi connectivity index (χ0v) is 12.1. The Labute approximate surface area is 120 Å². The average molecular weight is 292 g/mol. The summed E-state index contributed by atoms with van der Waals surface area (Å²) >= 11 is 3.55. The summed E-state index contributed by atoms with van der Waals surface area (Å²) in [6, 6.07) is 9.12. The number of thiophene rings is 2. The van der Waals surface area contributed by atoms with Crippen LogP contribution in [-0.4, -0.2) is 18.5 Å². The molecule has 1 amide bonds. The van der Waals surface area contributed by atoms with E-state index in [9.17, 15) is 4.79 Å². The van der Waals surface area contributed by atoms with Gasteiger partial charge in [0.1, 0.15) is 0 Å². The van der Waals surface area contributed by atoms with Gasteiger partial charge in [0.2, 0.25) is 5.91 Å². The minimum absolute atomic E-state index is 0.168. The fourth-order valence-corrected chi connectivity index (χ4v) is 4.01. The van der Waals surface area contributed by atoms with E-state index in [1.165, 1.54) is 9.75 Å². The Kier molecular flexibility index (Phi) is 3.96. The summed E-state index contributed by atoms with van der Waals surface area (Å²) in [5.74, 6) is 0.168. The first-order valence-electron chi connectivity index (χ1n) is 6.42. The van der Waals surface area contributed by atoms with Crippen molar-refractivity contribution in [1.29, 1.82) is 0 Å². The largest absolute Gasteiger partial charge is 0.355 e. The quantitative estimate of drug-likeness (QED) is 0.910. The van der Waals surface area contributed by atoms with Gasteiger partial charge < -0.3 is 10.6 Å². The van der Waals surface area contributed by atoms with Crippen molar-refractivity contribution in [3.05, 3.63) is 44.8 Å². The van der Waals surface area contributed by atoms with Gasteiger partial charge in [0.25, 0.3) is 0 Å². The fourth-order valence-electron chi connectivity index (χ4n) is 2.33.